The van der Waals surface area contributed by atoms with Crippen LogP contribution in [0, 0.1) is 6.92 Å². The number of aryl methyl sites for hydroxylation is 1. The number of benzene rings is 4. The number of nitrogens with one attached hydrogen (secondary N) is 1. The zero-order valence-corrected chi connectivity index (χ0v) is 27.7. The van der Waals surface area contributed by atoms with E-state index in [1.807, 2.05) is 68.4 Å². The van der Waals surface area contributed by atoms with Crippen molar-refractivity contribution in [3.63, 3.8) is 0 Å². The second-order valence-corrected chi connectivity index (χ2v) is 13.4. The molecule has 0 aliphatic rings. The molecule has 0 spiro atoms. The van der Waals surface area contributed by atoms with E-state index in [-0.39, 0.29) is 39.5 Å². The molecule has 4 aromatic carbocycles. The summed E-state index contributed by atoms with van der Waals surface area (Å²) in [5.41, 5.74) is 2.70. The van der Waals surface area contributed by atoms with Crippen LogP contribution in [0.1, 0.15) is 36.5 Å². The highest BCUT2D eigenvalue weighted by Gasteiger charge is 2.35. The summed E-state index contributed by atoms with van der Waals surface area (Å²) in [6, 6.07) is 28.4. The van der Waals surface area contributed by atoms with E-state index in [0.29, 0.717) is 6.54 Å². The average Bonchev–Trinajstić information content (AvgIpc) is 3.04. The number of rotatable bonds is 14. The Morgan fingerprint density at radius 2 is 1.51 bits per heavy atom. The maximum absolute atomic E-state index is 14.5. The minimum atomic E-state index is -4.28. The van der Waals surface area contributed by atoms with E-state index in [4.69, 9.17) is 23.2 Å². The van der Waals surface area contributed by atoms with Gasteiger partial charge in [-0.3, -0.25) is 13.9 Å². The van der Waals surface area contributed by atoms with Crippen LogP contribution in [0.3, 0.4) is 0 Å². The zero-order chi connectivity index (χ0) is 32.4. The standard InChI is InChI=1S/C35H37Cl2N3O4S/c1-3-4-21-38-35(42)33(22-27-14-7-5-8-15-27)39(24-28-16-12-11-13-26(28)2)34(41)25-40(32-23-29(36)19-20-31(32)37)45(43,44)30-17-9-6-10-18-30/h5-20,23,33H,3-4,21-22,24-25H2,1-2H3,(H,38,42)/t33-/m1/s1. The molecule has 0 radical (unpaired) electrons. The van der Waals surface area contributed by atoms with Crippen molar-refractivity contribution in [2.45, 2.75) is 50.6 Å². The van der Waals surface area contributed by atoms with Gasteiger partial charge in [-0.05, 0) is 60.4 Å². The summed E-state index contributed by atoms with van der Waals surface area (Å²) >= 11 is 12.8. The highest BCUT2D eigenvalue weighted by atomic mass is 35.5. The molecule has 4 aromatic rings. The molecule has 0 bridgehead atoms. The highest BCUT2D eigenvalue weighted by Crippen LogP contribution is 2.33. The van der Waals surface area contributed by atoms with Gasteiger partial charge in [-0.1, -0.05) is 109 Å². The Bertz CT molecular complexity index is 1700. The number of unbranched alkanes of at least 4 members (excludes halogenated alkanes) is 1. The highest BCUT2D eigenvalue weighted by molar-refractivity contribution is 7.92. The molecule has 7 nitrogen and oxygen atoms in total. The second kappa shape index (κ2) is 15.9. The molecule has 0 fully saturated rings. The first-order valence-electron chi connectivity index (χ1n) is 14.8. The van der Waals surface area contributed by atoms with Crippen LogP contribution in [-0.2, 0) is 32.6 Å². The molecular weight excluding hydrogens is 629 g/mol. The number of carbonyl (C=O) groups excluding carboxylic acids is 2. The Balaban J connectivity index is 1.82. The van der Waals surface area contributed by atoms with E-state index in [1.54, 1.807) is 24.3 Å². The molecule has 236 valence electrons. The number of halogens is 2. The van der Waals surface area contributed by atoms with E-state index in [9.17, 15) is 18.0 Å². The van der Waals surface area contributed by atoms with Crippen LogP contribution in [0.4, 0.5) is 5.69 Å². The Morgan fingerprint density at radius 1 is 0.867 bits per heavy atom. The van der Waals surface area contributed by atoms with Crippen LogP contribution < -0.4 is 9.62 Å². The Labute approximate surface area is 275 Å². The smallest absolute Gasteiger partial charge is 0.264 e. The first-order chi connectivity index (χ1) is 21.6. The van der Waals surface area contributed by atoms with Crippen molar-refractivity contribution in [3.8, 4) is 0 Å². The van der Waals surface area contributed by atoms with Crippen LogP contribution >= 0.6 is 23.2 Å². The molecule has 0 saturated carbocycles. The van der Waals surface area contributed by atoms with E-state index in [2.05, 4.69) is 5.32 Å². The fraction of sp³-hybridized carbons (Fsp3) is 0.257. The molecule has 0 aromatic heterocycles. The summed E-state index contributed by atoms with van der Waals surface area (Å²) in [5, 5.41) is 3.35. The lowest BCUT2D eigenvalue weighted by atomic mass is 10.0. The molecule has 1 N–H and O–H groups in total. The number of sulfonamides is 1. The molecule has 1 atom stereocenters. The lowest BCUT2D eigenvalue weighted by molar-refractivity contribution is -0.140. The predicted molar refractivity (Wildman–Crippen MR) is 181 cm³/mol. The van der Waals surface area contributed by atoms with E-state index in [1.165, 1.54) is 29.2 Å². The summed E-state index contributed by atoms with van der Waals surface area (Å²) in [6.07, 6.45) is 1.91. The lowest BCUT2D eigenvalue weighted by Crippen LogP contribution is -2.53. The van der Waals surface area contributed by atoms with Gasteiger partial charge in [0.05, 0.1) is 15.6 Å². The summed E-state index contributed by atoms with van der Waals surface area (Å²) in [6.45, 7) is 3.90. The number of anilines is 1. The number of carbonyl (C=O) groups is 2. The number of hydrogen-bond donors (Lipinski definition) is 1. The maximum atomic E-state index is 14.5. The van der Waals surface area contributed by atoms with Gasteiger partial charge >= 0.3 is 0 Å². The Kier molecular flexibility index (Phi) is 12.0. The van der Waals surface area contributed by atoms with Gasteiger partial charge in [0, 0.05) is 24.5 Å². The van der Waals surface area contributed by atoms with Crippen molar-refractivity contribution >= 4 is 50.7 Å². The summed E-state index contributed by atoms with van der Waals surface area (Å²) in [5.74, 6) is -0.882. The fourth-order valence-electron chi connectivity index (χ4n) is 4.94. The minimum absolute atomic E-state index is 0.0163. The molecule has 0 aliphatic heterocycles. The Morgan fingerprint density at radius 3 is 2.18 bits per heavy atom. The Hall–Kier alpha value is -3.85. The van der Waals surface area contributed by atoms with Crippen molar-refractivity contribution < 1.29 is 18.0 Å². The van der Waals surface area contributed by atoms with Gasteiger partial charge in [0.25, 0.3) is 10.0 Å². The van der Waals surface area contributed by atoms with Gasteiger partial charge in [-0.2, -0.15) is 0 Å². The predicted octanol–water partition coefficient (Wildman–Crippen LogP) is 7.05. The molecule has 0 heterocycles. The largest absolute Gasteiger partial charge is 0.354 e. The molecule has 0 saturated heterocycles. The monoisotopic (exact) mass is 665 g/mol. The summed E-state index contributed by atoms with van der Waals surface area (Å²) in [4.78, 5) is 29.8. The first kappa shape index (κ1) is 34.0. The van der Waals surface area contributed by atoms with Gasteiger partial charge in [0.2, 0.25) is 11.8 Å². The summed E-state index contributed by atoms with van der Waals surface area (Å²) < 4.78 is 29.2. The molecule has 4 rings (SSSR count). The fourth-order valence-corrected chi connectivity index (χ4v) is 6.82. The van der Waals surface area contributed by atoms with Crippen molar-refractivity contribution in [2.24, 2.45) is 0 Å². The topological polar surface area (TPSA) is 86.8 Å². The number of nitrogens with zero attached hydrogens (tertiary/aromatic N) is 2. The van der Waals surface area contributed by atoms with Crippen LogP contribution in [0.5, 0.6) is 0 Å². The van der Waals surface area contributed by atoms with Gasteiger partial charge in [-0.25, -0.2) is 8.42 Å². The van der Waals surface area contributed by atoms with E-state index < -0.39 is 28.5 Å². The summed E-state index contributed by atoms with van der Waals surface area (Å²) in [7, 11) is -4.28. The quantitative estimate of drug-likeness (QED) is 0.146. The van der Waals surface area contributed by atoms with Crippen LogP contribution in [0.15, 0.2) is 108 Å². The molecule has 45 heavy (non-hydrogen) atoms. The van der Waals surface area contributed by atoms with Crippen molar-refractivity contribution in [2.75, 3.05) is 17.4 Å². The molecule has 10 heteroatoms. The zero-order valence-electron chi connectivity index (χ0n) is 25.3. The van der Waals surface area contributed by atoms with Crippen molar-refractivity contribution in [3.05, 3.63) is 130 Å². The minimum Gasteiger partial charge on any atom is -0.354 e. The van der Waals surface area contributed by atoms with Crippen LogP contribution in [0.2, 0.25) is 10.0 Å². The molecule has 2 amide bonds. The van der Waals surface area contributed by atoms with Gasteiger partial charge in [0.1, 0.15) is 12.6 Å². The van der Waals surface area contributed by atoms with Gasteiger partial charge in [-0.15, -0.1) is 0 Å². The van der Waals surface area contributed by atoms with Gasteiger partial charge in [0.15, 0.2) is 0 Å². The molecular formula is C35H37Cl2N3O4S. The van der Waals surface area contributed by atoms with Crippen molar-refractivity contribution in [1.82, 2.24) is 10.2 Å². The van der Waals surface area contributed by atoms with Crippen LogP contribution in [0.25, 0.3) is 0 Å². The molecule has 0 aliphatic carbocycles. The van der Waals surface area contributed by atoms with Gasteiger partial charge < -0.3 is 10.2 Å². The van der Waals surface area contributed by atoms with Crippen molar-refractivity contribution in [1.29, 1.82) is 0 Å². The third kappa shape index (κ3) is 8.87. The normalized spacial score (nSPS) is 11.9. The first-order valence-corrected chi connectivity index (χ1v) is 17.0. The SMILES string of the molecule is CCCCNC(=O)[C@@H](Cc1ccccc1)N(Cc1ccccc1C)C(=O)CN(c1cc(Cl)ccc1Cl)S(=O)(=O)c1ccccc1. The third-order valence-electron chi connectivity index (χ3n) is 7.49. The van der Waals surface area contributed by atoms with Crippen LogP contribution in [-0.4, -0.2) is 44.3 Å². The lowest BCUT2D eigenvalue weighted by Gasteiger charge is -2.34. The second-order valence-electron chi connectivity index (χ2n) is 10.7. The average molecular weight is 667 g/mol. The maximum Gasteiger partial charge on any atom is 0.264 e. The third-order valence-corrected chi connectivity index (χ3v) is 9.82. The van der Waals surface area contributed by atoms with E-state index in [0.717, 1.165) is 33.8 Å². The molecule has 0 unspecified atom stereocenters. The number of hydrogen-bond acceptors (Lipinski definition) is 4. The number of amides is 2. The van der Waals surface area contributed by atoms with E-state index >= 15 is 0 Å².